The Labute approximate surface area is 152 Å². The van der Waals surface area contributed by atoms with Gasteiger partial charge in [-0.3, -0.25) is 4.79 Å². The maximum Gasteiger partial charge on any atom is 0.273 e. The van der Waals surface area contributed by atoms with Gasteiger partial charge in [-0.25, -0.2) is 4.68 Å². The minimum atomic E-state index is -0.230. The Bertz CT molecular complexity index is 844. The summed E-state index contributed by atoms with van der Waals surface area (Å²) < 4.78 is 6.84. The van der Waals surface area contributed by atoms with Crippen LogP contribution in [0.1, 0.15) is 41.0 Å². The summed E-state index contributed by atoms with van der Waals surface area (Å²) in [5.74, 6) is 0.561. The van der Waals surface area contributed by atoms with Crippen molar-refractivity contribution in [3.8, 4) is 5.75 Å². The van der Waals surface area contributed by atoms with Gasteiger partial charge in [-0.1, -0.05) is 54.6 Å². The van der Waals surface area contributed by atoms with Crippen molar-refractivity contribution in [2.75, 3.05) is 7.11 Å². The molecule has 1 amide bonds. The molecule has 0 radical (unpaired) electrons. The Morgan fingerprint density at radius 3 is 2.54 bits per heavy atom. The molecule has 6 heteroatoms. The summed E-state index contributed by atoms with van der Waals surface area (Å²) in [7, 11) is 1.63. The lowest BCUT2D eigenvalue weighted by Gasteiger charge is -2.17. The highest BCUT2D eigenvalue weighted by atomic mass is 16.5. The molecule has 1 aromatic heterocycles. The van der Waals surface area contributed by atoms with Gasteiger partial charge in [0.1, 0.15) is 5.75 Å². The Morgan fingerprint density at radius 2 is 1.88 bits per heavy atom. The van der Waals surface area contributed by atoms with Crippen molar-refractivity contribution in [1.82, 2.24) is 20.3 Å². The van der Waals surface area contributed by atoms with Crippen LogP contribution in [-0.2, 0) is 6.54 Å². The van der Waals surface area contributed by atoms with Crippen molar-refractivity contribution in [2.45, 2.75) is 25.9 Å². The zero-order chi connectivity index (χ0) is 18.4. The smallest absolute Gasteiger partial charge is 0.273 e. The van der Waals surface area contributed by atoms with Crippen LogP contribution >= 0.6 is 0 Å². The van der Waals surface area contributed by atoms with E-state index in [-0.39, 0.29) is 11.9 Å². The third-order valence-electron chi connectivity index (χ3n) is 4.19. The van der Waals surface area contributed by atoms with E-state index in [0.29, 0.717) is 12.2 Å². The second-order valence-electron chi connectivity index (χ2n) is 5.99. The zero-order valence-corrected chi connectivity index (χ0v) is 14.9. The first-order valence-corrected chi connectivity index (χ1v) is 8.58. The van der Waals surface area contributed by atoms with Crippen molar-refractivity contribution < 1.29 is 9.53 Å². The molecule has 0 saturated heterocycles. The minimum Gasteiger partial charge on any atom is -0.497 e. The fourth-order valence-electron chi connectivity index (χ4n) is 2.74. The molecule has 1 atom stereocenters. The molecule has 0 aliphatic rings. The van der Waals surface area contributed by atoms with Crippen LogP contribution in [-0.4, -0.2) is 28.0 Å². The number of nitrogens with one attached hydrogen (secondary N) is 1. The highest BCUT2D eigenvalue weighted by Crippen LogP contribution is 2.20. The summed E-state index contributed by atoms with van der Waals surface area (Å²) in [5.41, 5.74) is 2.44. The Hall–Kier alpha value is -3.15. The first kappa shape index (κ1) is 17.7. The van der Waals surface area contributed by atoms with Crippen molar-refractivity contribution in [3.05, 3.63) is 77.6 Å². The molecule has 1 unspecified atom stereocenters. The number of hydrogen-bond donors (Lipinski definition) is 1. The Morgan fingerprint density at radius 1 is 1.15 bits per heavy atom. The van der Waals surface area contributed by atoms with Crippen LogP contribution in [0.2, 0.25) is 0 Å². The molecular formula is C20H22N4O2. The fourth-order valence-corrected chi connectivity index (χ4v) is 2.74. The molecule has 6 nitrogen and oxygen atoms in total. The summed E-state index contributed by atoms with van der Waals surface area (Å²) >= 11 is 0. The third-order valence-corrected chi connectivity index (χ3v) is 4.19. The van der Waals surface area contributed by atoms with Crippen LogP contribution in [0, 0.1) is 0 Å². The van der Waals surface area contributed by atoms with Gasteiger partial charge in [-0.15, -0.1) is 5.10 Å². The Balaban J connectivity index is 1.66. The van der Waals surface area contributed by atoms with Gasteiger partial charge in [0.2, 0.25) is 0 Å². The predicted molar refractivity (Wildman–Crippen MR) is 99.1 cm³/mol. The van der Waals surface area contributed by atoms with Gasteiger partial charge in [-0.2, -0.15) is 0 Å². The largest absolute Gasteiger partial charge is 0.497 e. The standard InChI is InChI=1S/C20H22N4O2/c1-3-18(16-9-11-17(26-2)12-10-16)21-20(25)19-14-24(23-22-19)13-15-7-5-4-6-8-15/h4-12,14,18H,3,13H2,1-2H3,(H,21,25). The molecule has 3 aromatic rings. The second kappa shape index (κ2) is 8.29. The molecule has 1 heterocycles. The van der Waals surface area contributed by atoms with E-state index in [0.717, 1.165) is 23.3 Å². The van der Waals surface area contributed by atoms with E-state index in [4.69, 9.17) is 4.74 Å². The molecule has 3 rings (SSSR count). The number of carbonyl (C=O) groups excluding carboxylic acids is 1. The van der Waals surface area contributed by atoms with E-state index in [9.17, 15) is 4.79 Å². The molecule has 1 N–H and O–H groups in total. The molecule has 2 aromatic carbocycles. The van der Waals surface area contributed by atoms with Crippen molar-refractivity contribution in [1.29, 1.82) is 0 Å². The summed E-state index contributed by atoms with van der Waals surface area (Å²) in [5, 5.41) is 11.1. The van der Waals surface area contributed by atoms with Gasteiger partial charge in [0.05, 0.1) is 25.9 Å². The van der Waals surface area contributed by atoms with Crippen molar-refractivity contribution in [3.63, 3.8) is 0 Å². The van der Waals surface area contributed by atoms with Gasteiger partial charge in [0, 0.05) is 0 Å². The number of aromatic nitrogens is 3. The average molecular weight is 350 g/mol. The zero-order valence-electron chi connectivity index (χ0n) is 14.9. The number of hydrogen-bond acceptors (Lipinski definition) is 4. The Kier molecular flexibility index (Phi) is 5.63. The maximum absolute atomic E-state index is 12.5. The van der Waals surface area contributed by atoms with Gasteiger partial charge in [0.15, 0.2) is 5.69 Å². The normalized spacial score (nSPS) is 11.8. The second-order valence-corrected chi connectivity index (χ2v) is 5.99. The molecular weight excluding hydrogens is 328 g/mol. The maximum atomic E-state index is 12.5. The van der Waals surface area contributed by atoms with Gasteiger partial charge >= 0.3 is 0 Å². The van der Waals surface area contributed by atoms with E-state index in [1.807, 2.05) is 61.5 Å². The van der Waals surface area contributed by atoms with E-state index < -0.39 is 0 Å². The number of rotatable bonds is 7. The monoisotopic (exact) mass is 350 g/mol. The molecule has 0 spiro atoms. The van der Waals surface area contributed by atoms with Crippen LogP contribution in [0.4, 0.5) is 0 Å². The molecule has 0 aliphatic carbocycles. The first-order chi connectivity index (χ1) is 12.7. The number of carbonyl (C=O) groups is 1. The summed E-state index contributed by atoms with van der Waals surface area (Å²) in [6.45, 7) is 2.61. The lowest BCUT2D eigenvalue weighted by Crippen LogP contribution is -2.28. The van der Waals surface area contributed by atoms with Gasteiger partial charge in [-0.05, 0) is 29.7 Å². The first-order valence-electron chi connectivity index (χ1n) is 8.58. The number of methoxy groups -OCH3 is 1. The summed E-state index contributed by atoms with van der Waals surface area (Å²) in [6.07, 6.45) is 2.44. The quantitative estimate of drug-likeness (QED) is 0.710. The van der Waals surface area contributed by atoms with Gasteiger partial charge < -0.3 is 10.1 Å². The number of nitrogens with zero attached hydrogens (tertiary/aromatic N) is 3. The van der Waals surface area contributed by atoms with E-state index in [1.165, 1.54) is 0 Å². The third kappa shape index (κ3) is 4.27. The van der Waals surface area contributed by atoms with Crippen LogP contribution in [0.25, 0.3) is 0 Å². The number of ether oxygens (including phenoxy) is 1. The summed E-state index contributed by atoms with van der Waals surface area (Å²) in [4.78, 5) is 12.5. The van der Waals surface area contributed by atoms with E-state index >= 15 is 0 Å². The van der Waals surface area contributed by atoms with Crippen LogP contribution in [0.15, 0.2) is 60.8 Å². The number of amides is 1. The average Bonchev–Trinajstić information content (AvgIpc) is 3.15. The molecule has 26 heavy (non-hydrogen) atoms. The predicted octanol–water partition coefficient (Wildman–Crippen LogP) is 3.22. The lowest BCUT2D eigenvalue weighted by molar-refractivity contribution is 0.0930. The highest BCUT2D eigenvalue weighted by Gasteiger charge is 2.17. The fraction of sp³-hybridized carbons (Fsp3) is 0.250. The topological polar surface area (TPSA) is 69.0 Å². The van der Waals surface area contributed by atoms with Crippen molar-refractivity contribution >= 4 is 5.91 Å². The van der Waals surface area contributed by atoms with Crippen LogP contribution in [0.5, 0.6) is 5.75 Å². The molecule has 134 valence electrons. The molecule has 0 aliphatic heterocycles. The molecule has 0 bridgehead atoms. The highest BCUT2D eigenvalue weighted by molar-refractivity contribution is 5.92. The van der Waals surface area contributed by atoms with E-state index in [2.05, 4.69) is 15.6 Å². The molecule has 0 saturated carbocycles. The molecule has 0 fully saturated rings. The van der Waals surface area contributed by atoms with Crippen LogP contribution in [0.3, 0.4) is 0 Å². The SMILES string of the molecule is CCC(NC(=O)c1cn(Cc2ccccc2)nn1)c1ccc(OC)cc1. The van der Waals surface area contributed by atoms with Crippen LogP contribution < -0.4 is 10.1 Å². The summed E-state index contributed by atoms with van der Waals surface area (Å²) in [6, 6.07) is 17.5. The number of benzene rings is 2. The lowest BCUT2D eigenvalue weighted by atomic mass is 10.0. The van der Waals surface area contributed by atoms with Gasteiger partial charge in [0.25, 0.3) is 5.91 Å². The van der Waals surface area contributed by atoms with E-state index in [1.54, 1.807) is 18.0 Å². The van der Waals surface area contributed by atoms with Crippen molar-refractivity contribution in [2.24, 2.45) is 0 Å². The minimum absolute atomic E-state index is 0.0901.